The van der Waals surface area contributed by atoms with Gasteiger partial charge >= 0.3 is 12.4 Å². The van der Waals surface area contributed by atoms with Crippen molar-refractivity contribution in [2.24, 2.45) is 0 Å². The molecule has 2 aromatic rings. The summed E-state index contributed by atoms with van der Waals surface area (Å²) in [6.45, 7) is 1.46. The number of halogens is 7. The van der Waals surface area contributed by atoms with Gasteiger partial charge in [-0.1, -0.05) is 0 Å². The second-order valence-electron chi connectivity index (χ2n) is 4.45. The minimum atomic E-state index is -4.92. The van der Waals surface area contributed by atoms with E-state index >= 15 is 0 Å². The molecule has 0 saturated heterocycles. The maximum atomic E-state index is 12.8. The zero-order chi connectivity index (χ0) is 16.7. The molecule has 0 amide bonds. The third-order valence-electron chi connectivity index (χ3n) is 2.85. The van der Waals surface area contributed by atoms with Gasteiger partial charge in [0.2, 0.25) is 5.89 Å². The Kier molecular flexibility index (Phi) is 4.16. The summed E-state index contributed by atoms with van der Waals surface area (Å²) in [6.07, 6.45) is -9.85. The fourth-order valence-corrected chi connectivity index (χ4v) is 2.00. The summed E-state index contributed by atoms with van der Waals surface area (Å²) in [6, 6.07) is 1.15. The monoisotopic (exact) mass is 343 g/mol. The lowest BCUT2D eigenvalue weighted by atomic mass is 10.0. The summed E-state index contributed by atoms with van der Waals surface area (Å²) in [5, 5.41) is 0. The van der Waals surface area contributed by atoms with E-state index in [-0.39, 0.29) is 29.3 Å². The molecule has 0 fully saturated rings. The number of aryl methyl sites for hydroxylation is 1. The number of hydrogen-bond donors (Lipinski definition) is 0. The molecule has 0 atom stereocenters. The Labute approximate surface area is 125 Å². The average Bonchev–Trinajstić information content (AvgIpc) is 2.77. The first-order chi connectivity index (χ1) is 10.0. The lowest BCUT2D eigenvalue weighted by Crippen LogP contribution is -2.11. The standard InChI is InChI=1S/C13H8ClF6NO/c1-6-10(5-14)21-11(22-6)7-2-8(12(15,16)17)4-9(3-7)13(18,19)20/h2-4H,5H2,1H3. The van der Waals surface area contributed by atoms with E-state index in [0.29, 0.717) is 12.1 Å². The molecule has 1 aromatic carbocycles. The van der Waals surface area contributed by atoms with Gasteiger partial charge in [0.1, 0.15) is 5.76 Å². The van der Waals surface area contributed by atoms with Crippen LogP contribution in [0, 0.1) is 6.92 Å². The summed E-state index contributed by atoms with van der Waals surface area (Å²) < 4.78 is 81.7. The lowest BCUT2D eigenvalue weighted by Gasteiger charge is -2.13. The number of oxazole rings is 1. The fraction of sp³-hybridized carbons (Fsp3) is 0.308. The van der Waals surface area contributed by atoms with Crippen molar-refractivity contribution in [3.8, 4) is 11.5 Å². The first kappa shape index (κ1) is 16.7. The second-order valence-corrected chi connectivity index (χ2v) is 4.72. The van der Waals surface area contributed by atoms with Crippen LogP contribution in [0.4, 0.5) is 26.3 Å². The zero-order valence-electron chi connectivity index (χ0n) is 10.9. The van der Waals surface area contributed by atoms with E-state index in [1.807, 2.05) is 0 Å². The number of alkyl halides is 7. The molecular formula is C13H8ClF6NO. The predicted molar refractivity (Wildman–Crippen MR) is 66.2 cm³/mol. The van der Waals surface area contributed by atoms with Crippen molar-refractivity contribution in [3.05, 3.63) is 40.8 Å². The van der Waals surface area contributed by atoms with Gasteiger partial charge in [-0.15, -0.1) is 11.6 Å². The Morgan fingerprint density at radius 2 is 1.50 bits per heavy atom. The number of benzene rings is 1. The van der Waals surface area contributed by atoms with Crippen LogP contribution in [0.3, 0.4) is 0 Å². The number of hydrogen-bond acceptors (Lipinski definition) is 2. The predicted octanol–water partition coefficient (Wildman–Crippen LogP) is 5.43. The quantitative estimate of drug-likeness (QED) is 0.537. The van der Waals surface area contributed by atoms with Gasteiger partial charge < -0.3 is 4.42 Å². The van der Waals surface area contributed by atoms with Gasteiger partial charge in [-0.2, -0.15) is 26.3 Å². The number of nitrogens with zero attached hydrogens (tertiary/aromatic N) is 1. The van der Waals surface area contributed by atoms with Crippen LogP contribution >= 0.6 is 11.6 Å². The van der Waals surface area contributed by atoms with Gasteiger partial charge in [-0.25, -0.2) is 4.98 Å². The van der Waals surface area contributed by atoms with Crippen LogP contribution in [-0.2, 0) is 18.2 Å². The summed E-state index contributed by atoms with van der Waals surface area (Å²) in [5.41, 5.74) is -3.02. The fourth-order valence-electron chi connectivity index (χ4n) is 1.75. The maximum absolute atomic E-state index is 12.8. The summed E-state index contributed by atoms with van der Waals surface area (Å²) in [5.74, 6) is -0.179. The van der Waals surface area contributed by atoms with E-state index in [1.54, 1.807) is 0 Å². The summed E-state index contributed by atoms with van der Waals surface area (Å²) in [7, 11) is 0. The van der Waals surface area contributed by atoms with Crippen molar-refractivity contribution >= 4 is 11.6 Å². The molecule has 0 spiro atoms. The maximum Gasteiger partial charge on any atom is 0.416 e. The average molecular weight is 344 g/mol. The van der Waals surface area contributed by atoms with E-state index in [4.69, 9.17) is 16.0 Å². The van der Waals surface area contributed by atoms with Crippen molar-refractivity contribution in [2.45, 2.75) is 25.2 Å². The highest BCUT2D eigenvalue weighted by molar-refractivity contribution is 6.16. The second kappa shape index (κ2) is 5.49. The van der Waals surface area contributed by atoms with Crippen LogP contribution in [0.15, 0.2) is 22.6 Å². The first-order valence-electron chi connectivity index (χ1n) is 5.84. The molecule has 0 aliphatic carbocycles. The highest BCUT2D eigenvalue weighted by Crippen LogP contribution is 2.38. The highest BCUT2D eigenvalue weighted by atomic mass is 35.5. The Balaban J connectivity index is 2.64. The largest absolute Gasteiger partial charge is 0.441 e. The van der Waals surface area contributed by atoms with Crippen molar-refractivity contribution in [1.29, 1.82) is 0 Å². The molecular weight excluding hydrogens is 336 g/mol. The SMILES string of the molecule is Cc1oc(-c2cc(C(F)(F)F)cc(C(F)(F)F)c2)nc1CCl. The molecule has 0 bridgehead atoms. The van der Waals surface area contributed by atoms with E-state index in [2.05, 4.69) is 4.98 Å². The smallest absolute Gasteiger partial charge is 0.416 e. The van der Waals surface area contributed by atoms with Gasteiger partial charge in [0.05, 0.1) is 22.7 Å². The minimum Gasteiger partial charge on any atom is -0.441 e. The Hall–Kier alpha value is -1.70. The third kappa shape index (κ3) is 3.37. The van der Waals surface area contributed by atoms with Crippen LogP contribution < -0.4 is 0 Å². The van der Waals surface area contributed by atoms with Gasteiger partial charge in [0.25, 0.3) is 0 Å². The topological polar surface area (TPSA) is 26.0 Å². The molecule has 0 N–H and O–H groups in total. The van der Waals surface area contributed by atoms with Crippen molar-refractivity contribution in [1.82, 2.24) is 4.98 Å². The van der Waals surface area contributed by atoms with Crippen molar-refractivity contribution in [3.63, 3.8) is 0 Å². The molecule has 22 heavy (non-hydrogen) atoms. The molecule has 120 valence electrons. The summed E-state index contributed by atoms with van der Waals surface area (Å²) in [4.78, 5) is 3.81. The van der Waals surface area contributed by atoms with Crippen molar-refractivity contribution in [2.75, 3.05) is 0 Å². The van der Waals surface area contributed by atoms with Crippen LogP contribution in [0.1, 0.15) is 22.6 Å². The van der Waals surface area contributed by atoms with E-state index in [0.717, 1.165) is 0 Å². The molecule has 2 nitrogen and oxygen atoms in total. The molecule has 2 rings (SSSR count). The first-order valence-corrected chi connectivity index (χ1v) is 6.38. The number of rotatable bonds is 2. The molecule has 9 heteroatoms. The Bertz CT molecular complexity index is 657. The van der Waals surface area contributed by atoms with E-state index in [1.165, 1.54) is 6.92 Å². The molecule has 0 unspecified atom stereocenters. The molecule has 0 aliphatic rings. The van der Waals surface area contributed by atoms with Gasteiger partial charge in [-0.3, -0.25) is 0 Å². The molecule has 0 aliphatic heterocycles. The molecule has 0 radical (unpaired) electrons. The number of aromatic nitrogens is 1. The third-order valence-corrected chi connectivity index (χ3v) is 3.11. The molecule has 1 heterocycles. The van der Waals surface area contributed by atoms with Gasteiger partial charge in [0, 0.05) is 5.56 Å². The molecule has 1 aromatic heterocycles. The van der Waals surface area contributed by atoms with Crippen LogP contribution in [0.25, 0.3) is 11.5 Å². The van der Waals surface area contributed by atoms with Gasteiger partial charge in [0.15, 0.2) is 0 Å². The van der Waals surface area contributed by atoms with E-state index < -0.39 is 29.0 Å². The van der Waals surface area contributed by atoms with Crippen LogP contribution in [0.2, 0.25) is 0 Å². The Morgan fingerprint density at radius 3 is 1.86 bits per heavy atom. The minimum absolute atomic E-state index is 0.0434. The lowest BCUT2D eigenvalue weighted by molar-refractivity contribution is -0.143. The van der Waals surface area contributed by atoms with Crippen molar-refractivity contribution < 1.29 is 30.8 Å². The normalized spacial score (nSPS) is 12.7. The van der Waals surface area contributed by atoms with Crippen LogP contribution in [-0.4, -0.2) is 4.98 Å². The van der Waals surface area contributed by atoms with E-state index in [9.17, 15) is 26.3 Å². The summed E-state index contributed by atoms with van der Waals surface area (Å²) >= 11 is 5.56. The van der Waals surface area contributed by atoms with Gasteiger partial charge in [-0.05, 0) is 25.1 Å². The zero-order valence-corrected chi connectivity index (χ0v) is 11.7. The van der Waals surface area contributed by atoms with Crippen LogP contribution in [0.5, 0.6) is 0 Å². The Morgan fingerprint density at radius 1 is 1.00 bits per heavy atom. The highest BCUT2D eigenvalue weighted by Gasteiger charge is 2.37. The molecule has 0 saturated carbocycles.